The van der Waals surface area contributed by atoms with Gasteiger partial charge in [-0.05, 0) is 25.8 Å². The molecule has 20 heavy (non-hydrogen) atoms. The maximum atomic E-state index is 12.4. The number of pyridine rings is 1. The molecule has 110 valence electrons. The van der Waals surface area contributed by atoms with Crippen molar-refractivity contribution in [3.8, 4) is 11.8 Å². The summed E-state index contributed by atoms with van der Waals surface area (Å²) in [6.07, 6.45) is 4.26. The summed E-state index contributed by atoms with van der Waals surface area (Å²) in [7, 11) is -3.60. The summed E-state index contributed by atoms with van der Waals surface area (Å²) >= 11 is 0. The normalized spacial score (nSPS) is 11.8. The van der Waals surface area contributed by atoms with Crippen molar-refractivity contribution in [2.45, 2.75) is 44.0 Å². The van der Waals surface area contributed by atoms with Crippen molar-refractivity contribution in [3.05, 3.63) is 24.0 Å². The van der Waals surface area contributed by atoms with Crippen LogP contribution in [-0.4, -0.2) is 25.5 Å². The third-order valence-corrected chi connectivity index (χ3v) is 4.91. The molecule has 6 heteroatoms. The highest BCUT2D eigenvalue weighted by molar-refractivity contribution is 7.89. The Balaban J connectivity index is 3.10. The van der Waals surface area contributed by atoms with Crippen LogP contribution >= 0.6 is 0 Å². The molecule has 0 aromatic carbocycles. The number of nitrogens with two attached hydrogens (primary N) is 1. The molecule has 0 atom stereocenters. The fourth-order valence-electron chi connectivity index (χ4n) is 1.56. The van der Waals surface area contributed by atoms with Crippen LogP contribution in [0.25, 0.3) is 0 Å². The van der Waals surface area contributed by atoms with Crippen molar-refractivity contribution in [2.24, 2.45) is 5.73 Å². The zero-order chi connectivity index (χ0) is 15.2. The van der Waals surface area contributed by atoms with Gasteiger partial charge in [0.2, 0.25) is 10.0 Å². The quantitative estimate of drug-likeness (QED) is 0.801. The summed E-state index contributed by atoms with van der Waals surface area (Å²) in [6.45, 7) is 6.01. The van der Waals surface area contributed by atoms with E-state index in [1.54, 1.807) is 0 Å². The van der Waals surface area contributed by atoms with Gasteiger partial charge in [-0.2, -0.15) is 0 Å². The van der Waals surface area contributed by atoms with Gasteiger partial charge in [-0.25, -0.2) is 13.1 Å². The predicted octanol–water partition coefficient (Wildman–Crippen LogP) is 1.25. The highest BCUT2D eigenvalue weighted by Gasteiger charge is 2.27. The molecule has 1 aromatic heterocycles. The third kappa shape index (κ3) is 4.30. The van der Waals surface area contributed by atoms with E-state index in [2.05, 4.69) is 21.5 Å². The fraction of sp³-hybridized carbons (Fsp3) is 0.500. The van der Waals surface area contributed by atoms with Crippen molar-refractivity contribution in [2.75, 3.05) is 6.54 Å². The number of nitrogens with one attached hydrogen (secondary N) is 1. The van der Waals surface area contributed by atoms with Gasteiger partial charge in [-0.3, -0.25) is 4.98 Å². The molecule has 0 saturated heterocycles. The lowest BCUT2D eigenvalue weighted by Gasteiger charge is -2.27. The van der Waals surface area contributed by atoms with Gasteiger partial charge < -0.3 is 5.73 Å². The van der Waals surface area contributed by atoms with E-state index in [-0.39, 0.29) is 11.4 Å². The van der Waals surface area contributed by atoms with E-state index in [4.69, 9.17) is 5.73 Å². The van der Waals surface area contributed by atoms with Gasteiger partial charge in [0.05, 0.1) is 6.54 Å². The standard InChI is InChI=1S/C14H21N3O2S/c1-4-14(3,5-2)17-20(18,19)13-9-12(7-6-8-15)10-16-11-13/h9-11,17H,4-5,8,15H2,1-3H3. The van der Waals surface area contributed by atoms with E-state index < -0.39 is 15.6 Å². The minimum absolute atomic E-state index is 0.120. The highest BCUT2D eigenvalue weighted by Crippen LogP contribution is 2.18. The molecule has 0 aliphatic rings. The molecule has 3 N–H and O–H groups in total. The van der Waals surface area contributed by atoms with Crippen molar-refractivity contribution in [3.63, 3.8) is 0 Å². The number of aromatic nitrogens is 1. The smallest absolute Gasteiger partial charge is 0.242 e. The summed E-state index contributed by atoms with van der Waals surface area (Å²) < 4.78 is 27.5. The van der Waals surface area contributed by atoms with Crippen molar-refractivity contribution in [1.82, 2.24) is 9.71 Å². The van der Waals surface area contributed by atoms with E-state index in [9.17, 15) is 8.42 Å². The summed E-state index contributed by atoms with van der Waals surface area (Å²) in [5.74, 6) is 5.45. The number of hydrogen-bond donors (Lipinski definition) is 2. The first kappa shape index (κ1) is 16.6. The van der Waals surface area contributed by atoms with E-state index in [1.807, 2.05) is 20.8 Å². The lowest BCUT2D eigenvalue weighted by atomic mass is 9.98. The molecule has 0 aliphatic heterocycles. The fourth-order valence-corrected chi connectivity index (χ4v) is 3.10. The van der Waals surface area contributed by atoms with Crippen molar-refractivity contribution >= 4 is 10.0 Å². The molecule has 5 nitrogen and oxygen atoms in total. The van der Waals surface area contributed by atoms with Crippen molar-refractivity contribution < 1.29 is 8.42 Å². The van der Waals surface area contributed by atoms with E-state index in [0.717, 1.165) is 0 Å². The number of hydrogen-bond acceptors (Lipinski definition) is 4. The van der Waals surface area contributed by atoms with Crippen LogP contribution in [0.4, 0.5) is 0 Å². The highest BCUT2D eigenvalue weighted by atomic mass is 32.2. The molecule has 0 radical (unpaired) electrons. The van der Waals surface area contributed by atoms with Crippen LogP contribution in [0, 0.1) is 11.8 Å². The maximum absolute atomic E-state index is 12.4. The van der Waals surface area contributed by atoms with Crippen molar-refractivity contribution in [1.29, 1.82) is 0 Å². The van der Waals surface area contributed by atoms with Crippen LogP contribution in [0.3, 0.4) is 0 Å². The van der Waals surface area contributed by atoms with Gasteiger partial charge in [0.1, 0.15) is 4.90 Å². The first-order valence-corrected chi connectivity index (χ1v) is 8.03. The van der Waals surface area contributed by atoms with Gasteiger partial charge in [-0.1, -0.05) is 25.7 Å². The van der Waals surface area contributed by atoms with Crippen LogP contribution in [0.1, 0.15) is 39.2 Å². The molecule has 0 aliphatic carbocycles. The van der Waals surface area contributed by atoms with E-state index in [0.29, 0.717) is 18.4 Å². The number of rotatable bonds is 5. The van der Waals surface area contributed by atoms with Crippen LogP contribution in [0.5, 0.6) is 0 Å². The Hall–Kier alpha value is -1.42. The SMILES string of the molecule is CCC(C)(CC)NS(=O)(=O)c1cncc(C#CCN)c1. The average molecular weight is 295 g/mol. The van der Waals surface area contributed by atoms with Crippen LogP contribution in [0.15, 0.2) is 23.4 Å². The summed E-state index contributed by atoms with van der Waals surface area (Å²) in [6, 6.07) is 1.50. The Labute approximate surface area is 121 Å². The molecule has 0 amide bonds. The Kier molecular flexibility index (Phi) is 5.69. The van der Waals surface area contributed by atoms with Gasteiger partial charge in [-0.15, -0.1) is 0 Å². The molecule has 0 fully saturated rings. The first-order valence-electron chi connectivity index (χ1n) is 6.55. The minimum atomic E-state index is -3.60. The molecule has 1 aromatic rings. The van der Waals surface area contributed by atoms with Gasteiger partial charge >= 0.3 is 0 Å². The van der Waals surface area contributed by atoms with E-state index >= 15 is 0 Å². The second-order valence-electron chi connectivity index (χ2n) is 4.79. The van der Waals surface area contributed by atoms with Crippen LogP contribution < -0.4 is 10.5 Å². The first-order chi connectivity index (χ1) is 9.37. The van der Waals surface area contributed by atoms with Gasteiger partial charge in [0.15, 0.2) is 0 Å². The average Bonchev–Trinajstić information content (AvgIpc) is 2.45. The minimum Gasteiger partial charge on any atom is -0.320 e. The Morgan fingerprint density at radius 1 is 1.35 bits per heavy atom. The summed E-state index contributed by atoms with van der Waals surface area (Å²) in [5, 5.41) is 0. The molecule has 1 rings (SSSR count). The number of nitrogens with zero attached hydrogens (tertiary/aromatic N) is 1. The lowest BCUT2D eigenvalue weighted by molar-refractivity contribution is 0.388. The third-order valence-electron chi connectivity index (χ3n) is 3.30. The Morgan fingerprint density at radius 2 is 2.00 bits per heavy atom. The molecular formula is C14H21N3O2S. The van der Waals surface area contributed by atoms with Gasteiger partial charge in [0.25, 0.3) is 0 Å². The lowest BCUT2D eigenvalue weighted by Crippen LogP contribution is -2.44. The van der Waals surface area contributed by atoms with E-state index in [1.165, 1.54) is 18.5 Å². The molecule has 0 saturated carbocycles. The molecule has 1 heterocycles. The monoisotopic (exact) mass is 295 g/mol. The van der Waals surface area contributed by atoms with Crippen LogP contribution in [-0.2, 0) is 10.0 Å². The Morgan fingerprint density at radius 3 is 2.55 bits per heavy atom. The van der Waals surface area contributed by atoms with Gasteiger partial charge in [0, 0.05) is 23.5 Å². The number of sulfonamides is 1. The zero-order valence-electron chi connectivity index (χ0n) is 12.1. The largest absolute Gasteiger partial charge is 0.320 e. The molecule has 0 bridgehead atoms. The zero-order valence-corrected chi connectivity index (χ0v) is 12.9. The molecule has 0 spiro atoms. The molecular weight excluding hydrogens is 274 g/mol. The molecule has 0 unspecified atom stereocenters. The Bertz CT molecular complexity index is 611. The second kappa shape index (κ2) is 6.84. The van der Waals surface area contributed by atoms with Crippen LogP contribution in [0.2, 0.25) is 0 Å². The predicted molar refractivity (Wildman–Crippen MR) is 79.5 cm³/mol. The summed E-state index contributed by atoms with van der Waals surface area (Å²) in [5.41, 5.74) is 5.37. The second-order valence-corrected chi connectivity index (χ2v) is 6.47. The summed E-state index contributed by atoms with van der Waals surface area (Å²) in [4.78, 5) is 4.04. The topological polar surface area (TPSA) is 85.1 Å². The maximum Gasteiger partial charge on any atom is 0.242 e.